The van der Waals surface area contributed by atoms with E-state index >= 15 is 0 Å². The summed E-state index contributed by atoms with van der Waals surface area (Å²) < 4.78 is 12.0. The molecule has 3 aromatic rings. The molecular weight excluding hydrogens is 360 g/mol. The molecule has 1 aromatic heterocycles. The number of hydrogen-bond acceptors (Lipinski definition) is 5. The first-order valence-electron chi connectivity index (χ1n) is 8.90. The third-order valence-electron chi connectivity index (χ3n) is 4.44. The van der Waals surface area contributed by atoms with Crippen molar-refractivity contribution in [3.05, 3.63) is 53.0 Å². The SMILES string of the molecule is COc1cccc(CN(C)C(=O)CCCc2nc3ccccc3s2)c1OC. The molecule has 1 heterocycles. The molecule has 0 radical (unpaired) electrons. The van der Waals surface area contributed by atoms with Gasteiger partial charge in [0.2, 0.25) is 5.91 Å². The van der Waals surface area contributed by atoms with Gasteiger partial charge in [0.05, 0.1) is 29.4 Å². The number of carbonyl (C=O) groups excluding carboxylic acids is 1. The molecule has 27 heavy (non-hydrogen) atoms. The third-order valence-corrected chi connectivity index (χ3v) is 5.53. The summed E-state index contributed by atoms with van der Waals surface area (Å²) in [5.74, 6) is 1.46. The van der Waals surface area contributed by atoms with Crippen molar-refractivity contribution in [1.29, 1.82) is 0 Å². The molecule has 0 aliphatic rings. The first kappa shape index (κ1) is 19.2. The Morgan fingerprint density at radius 1 is 1.11 bits per heavy atom. The van der Waals surface area contributed by atoms with Gasteiger partial charge in [0, 0.05) is 25.6 Å². The van der Waals surface area contributed by atoms with Crippen molar-refractivity contribution in [3.63, 3.8) is 0 Å². The maximum atomic E-state index is 12.5. The van der Waals surface area contributed by atoms with Gasteiger partial charge in [-0.05, 0) is 31.0 Å². The molecule has 0 aliphatic heterocycles. The molecule has 0 fully saturated rings. The minimum atomic E-state index is 0.112. The standard InChI is InChI=1S/C21H24N2O3S/c1-23(14-15-8-6-10-17(25-2)21(15)26-3)20(24)13-7-12-19-22-16-9-4-5-11-18(16)27-19/h4-6,8-11H,7,12-14H2,1-3H3. The van der Waals surface area contributed by atoms with Crippen LogP contribution in [0.15, 0.2) is 42.5 Å². The van der Waals surface area contributed by atoms with Gasteiger partial charge in [0.1, 0.15) is 0 Å². The fraction of sp³-hybridized carbons (Fsp3) is 0.333. The van der Waals surface area contributed by atoms with Gasteiger partial charge in [-0.2, -0.15) is 0 Å². The maximum Gasteiger partial charge on any atom is 0.222 e. The number of aryl methyl sites for hydroxylation is 1. The van der Waals surface area contributed by atoms with E-state index in [1.807, 2.05) is 43.4 Å². The predicted molar refractivity (Wildman–Crippen MR) is 109 cm³/mol. The Hall–Kier alpha value is -2.60. The molecule has 0 unspecified atom stereocenters. The number of ether oxygens (including phenoxy) is 2. The van der Waals surface area contributed by atoms with E-state index in [2.05, 4.69) is 11.1 Å². The van der Waals surface area contributed by atoms with Crippen molar-refractivity contribution in [1.82, 2.24) is 9.88 Å². The highest BCUT2D eigenvalue weighted by atomic mass is 32.1. The van der Waals surface area contributed by atoms with Crippen LogP contribution < -0.4 is 9.47 Å². The van der Waals surface area contributed by atoms with Crippen molar-refractivity contribution < 1.29 is 14.3 Å². The number of rotatable bonds is 8. The van der Waals surface area contributed by atoms with E-state index in [-0.39, 0.29) is 5.91 Å². The van der Waals surface area contributed by atoms with Crippen molar-refractivity contribution in [2.24, 2.45) is 0 Å². The van der Waals surface area contributed by atoms with Crippen LogP contribution in [0.1, 0.15) is 23.4 Å². The number of carbonyl (C=O) groups is 1. The van der Waals surface area contributed by atoms with Gasteiger partial charge in [-0.3, -0.25) is 4.79 Å². The molecule has 0 N–H and O–H groups in total. The fourth-order valence-electron chi connectivity index (χ4n) is 3.03. The number of para-hydroxylation sites is 2. The van der Waals surface area contributed by atoms with E-state index in [4.69, 9.17) is 9.47 Å². The molecule has 2 aromatic carbocycles. The summed E-state index contributed by atoms with van der Waals surface area (Å²) in [4.78, 5) is 18.9. The molecule has 6 heteroatoms. The maximum absolute atomic E-state index is 12.5. The van der Waals surface area contributed by atoms with Crippen molar-refractivity contribution in [2.45, 2.75) is 25.8 Å². The van der Waals surface area contributed by atoms with Crippen LogP contribution in [0.5, 0.6) is 11.5 Å². The van der Waals surface area contributed by atoms with Gasteiger partial charge in [-0.1, -0.05) is 24.3 Å². The lowest BCUT2D eigenvalue weighted by molar-refractivity contribution is -0.130. The van der Waals surface area contributed by atoms with E-state index in [1.165, 1.54) is 4.70 Å². The molecule has 0 saturated carbocycles. The molecule has 0 aliphatic carbocycles. The van der Waals surface area contributed by atoms with Gasteiger partial charge in [0.25, 0.3) is 0 Å². The number of benzene rings is 2. The van der Waals surface area contributed by atoms with E-state index in [1.54, 1.807) is 30.5 Å². The number of hydrogen-bond donors (Lipinski definition) is 0. The lowest BCUT2D eigenvalue weighted by atomic mass is 10.1. The quantitative estimate of drug-likeness (QED) is 0.581. The summed E-state index contributed by atoms with van der Waals surface area (Å²) in [6.45, 7) is 0.486. The summed E-state index contributed by atoms with van der Waals surface area (Å²) >= 11 is 1.70. The minimum absolute atomic E-state index is 0.112. The van der Waals surface area contributed by atoms with E-state index < -0.39 is 0 Å². The Labute approximate surface area is 163 Å². The molecule has 0 bridgehead atoms. The summed E-state index contributed by atoms with van der Waals surface area (Å²) in [6.07, 6.45) is 2.11. The van der Waals surface area contributed by atoms with Gasteiger partial charge in [0.15, 0.2) is 11.5 Å². The molecule has 1 amide bonds. The Balaban J connectivity index is 1.55. The normalized spacial score (nSPS) is 10.8. The zero-order chi connectivity index (χ0) is 19.2. The van der Waals surface area contributed by atoms with Gasteiger partial charge in [-0.25, -0.2) is 4.98 Å². The van der Waals surface area contributed by atoms with Crippen LogP contribution in [0.2, 0.25) is 0 Å². The molecule has 0 saturated heterocycles. The van der Waals surface area contributed by atoms with E-state index in [0.29, 0.717) is 24.5 Å². The number of methoxy groups -OCH3 is 2. The van der Waals surface area contributed by atoms with Crippen LogP contribution >= 0.6 is 11.3 Å². The molecule has 5 nitrogen and oxygen atoms in total. The van der Waals surface area contributed by atoms with Gasteiger partial charge < -0.3 is 14.4 Å². The van der Waals surface area contributed by atoms with Crippen LogP contribution in [0.4, 0.5) is 0 Å². The average Bonchev–Trinajstić information content (AvgIpc) is 3.10. The minimum Gasteiger partial charge on any atom is -0.493 e. The number of amides is 1. The lowest BCUT2D eigenvalue weighted by Gasteiger charge is -2.20. The highest BCUT2D eigenvalue weighted by molar-refractivity contribution is 7.18. The van der Waals surface area contributed by atoms with Crippen molar-refractivity contribution >= 4 is 27.5 Å². The van der Waals surface area contributed by atoms with Crippen LogP contribution in [-0.2, 0) is 17.8 Å². The number of nitrogens with zero attached hydrogens (tertiary/aromatic N) is 2. The third kappa shape index (κ3) is 4.57. The summed E-state index contributed by atoms with van der Waals surface area (Å²) in [5.41, 5.74) is 1.96. The molecular formula is C21H24N2O3S. The Morgan fingerprint density at radius 3 is 2.67 bits per heavy atom. The number of aromatic nitrogens is 1. The van der Waals surface area contributed by atoms with Crippen LogP contribution in [0.25, 0.3) is 10.2 Å². The zero-order valence-electron chi connectivity index (χ0n) is 15.9. The van der Waals surface area contributed by atoms with Crippen molar-refractivity contribution in [3.8, 4) is 11.5 Å². The number of fused-ring (bicyclic) bond motifs is 1. The second-order valence-electron chi connectivity index (χ2n) is 6.33. The largest absolute Gasteiger partial charge is 0.493 e. The second kappa shape index (κ2) is 8.86. The second-order valence-corrected chi connectivity index (χ2v) is 7.45. The number of thiazole rings is 1. The molecule has 142 valence electrons. The smallest absolute Gasteiger partial charge is 0.222 e. The van der Waals surface area contributed by atoms with E-state index in [9.17, 15) is 4.79 Å². The van der Waals surface area contributed by atoms with Crippen LogP contribution in [-0.4, -0.2) is 37.1 Å². The summed E-state index contributed by atoms with van der Waals surface area (Å²) in [5, 5.41) is 1.08. The highest BCUT2D eigenvalue weighted by Gasteiger charge is 2.15. The Kier molecular flexibility index (Phi) is 6.29. The molecule has 0 atom stereocenters. The van der Waals surface area contributed by atoms with E-state index in [0.717, 1.165) is 28.9 Å². The summed E-state index contributed by atoms with van der Waals surface area (Å²) in [7, 11) is 5.04. The fourth-order valence-corrected chi connectivity index (χ4v) is 4.04. The summed E-state index contributed by atoms with van der Waals surface area (Å²) in [6, 6.07) is 13.8. The van der Waals surface area contributed by atoms with Crippen LogP contribution in [0, 0.1) is 0 Å². The first-order chi connectivity index (χ1) is 13.1. The predicted octanol–water partition coefficient (Wildman–Crippen LogP) is 4.29. The Morgan fingerprint density at radius 2 is 1.93 bits per heavy atom. The molecule has 3 rings (SSSR count). The first-order valence-corrected chi connectivity index (χ1v) is 9.72. The molecule has 0 spiro atoms. The Bertz CT molecular complexity index is 890. The topological polar surface area (TPSA) is 51.7 Å². The van der Waals surface area contributed by atoms with Gasteiger partial charge >= 0.3 is 0 Å². The highest BCUT2D eigenvalue weighted by Crippen LogP contribution is 2.31. The van der Waals surface area contributed by atoms with Crippen molar-refractivity contribution in [2.75, 3.05) is 21.3 Å². The van der Waals surface area contributed by atoms with Gasteiger partial charge in [-0.15, -0.1) is 11.3 Å². The monoisotopic (exact) mass is 384 g/mol. The lowest BCUT2D eigenvalue weighted by Crippen LogP contribution is -2.26. The average molecular weight is 385 g/mol. The zero-order valence-corrected chi connectivity index (χ0v) is 16.7. The van der Waals surface area contributed by atoms with Crippen LogP contribution in [0.3, 0.4) is 0 Å².